The number of epoxide rings is 1. The molecule has 1 aromatic carbocycles. The van der Waals surface area contributed by atoms with Gasteiger partial charge >= 0.3 is 6.18 Å². The molecule has 1 fully saturated rings. The number of hydrogen-bond donors (Lipinski definition) is 1. The first-order chi connectivity index (χ1) is 8.35. The molecule has 18 heavy (non-hydrogen) atoms. The molecule has 1 atom stereocenters. The second-order valence-electron chi connectivity index (χ2n) is 3.92. The van der Waals surface area contributed by atoms with E-state index in [2.05, 4.69) is 26.0 Å². The highest BCUT2D eigenvalue weighted by Crippen LogP contribution is 2.43. The molecular weight excluding hydrogens is 315 g/mol. The topological polar surface area (TPSA) is 41.6 Å². The lowest BCUT2D eigenvalue weighted by molar-refractivity contribution is -0.189. The third-order valence-corrected chi connectivity index (χ3v) is 3.15. The van der Waals surface area contributed by atoms with Gasteiger partial charge in [-0.3, -0.25) is 4.79 Å². The number of halogens is 4. The molecule has 0 aromatic heterocycles. The maximum Gasteiger partial charge on any atom is 0.428 e. The van der Waals surface area contributed by atoms with Crippen molar-refractivity contribution >= 4 is 21.8 Å². The van der Waals surface area contributed by atoms with Crippen LogP contribution in [-0.2, 0) is 16.1 Å². The Labute approximate surface area is 109 Å². The van der Waals surface area contributed by atoms with Crippen LogP contribution in [0.5, 0.6) is 0 Å². The van der Waals surface area contributed by atoms with E-state index in [1.807, 2.05) is 0 Å². The maximum absolute atomic E-state index is 12.5. The van der Waals surface area contributed by atoms with Gasteiger partial charge in [0.25, 0.3) is 11.5 Å². The summed E-state index contributed by atoms with van der Waals surface area (Å²) in [6.07, 6.45) is -4.67. The van der Waals surface area contributed by atoms with Crippen LogP contribution in [0.2, 0.25) is 0 Å². The molecule has 1 N–H and O–H groups in total. The Balaban J connectivity index is 1.95. The summed E-state index contributed by atoms with van der Waals surface area (Å²) >= 11 is 3.24. The van der Waals surface area contributed by atoms with Crippen LogP contribution in [0.15, 0.2) is 28.7 Å². The number of benzene rings is 1. The molecule has 1 heterocycles. The SMILES string of the molecule is O=C(NCc1ccc(Br)cc1)[C@@]1(C(F)(F)F)CO1. The zero-order chi connectivity index (χ0) is 13.4. The molecule has 7 heteroatoms. The molecule has 1 aliphatic heterocycles. The lowest BCUT2D eigenvalue weighted by Crippen LogP contribution is -2.47. The van der Waals surface area contributed by atoms with Crippen molar-refractivity contribution < 1.29 is 22.7 Å². The molecule has 1 aromatic rings. The second-order valence-corrected chi connectivity index (χ2v) is 4.84. The van der Waals surface area contributed by atoms with Crippen LogP contribution in [-0.4, -0.2) is 24.3 Å². The number of carbonyl (C=O) groups is 1. The Bertz CT molecular complexity index is 454. The van der Waals surface area contributed by atoms with Crippen LogP contribution < -0.4 is 5.32 Å². The van der Waals surface area contributed by atoms with Gasteiger partial charge in [0, 0.05) is 11.0 Å². The van der Waals surface area contributed by atoms with E-state index in [4.69, 9.17) is 0 Å². The van der Waals surface area contributed by atoms with Crippen molar-refractivity contribution in [2.45, 2.75) is 18.3 Å². The number of amides is 1. The van der Waals surface area contributed by atoms with Crippen molar-refractivity contribution in [3.05, 3.63) is 34.3 Å². The van der Waals surface area contributed by atoms with E-state index < -0.39 is 24.3 Å². The van der Waals surface area contributed by atoms with Crippen molar-refractivity contribution in [1.29, 1.82) is 0 Å². The average Bonchev–Trinajstić information content (AvgIpc) is 3.08. The van der Waals surface area contributed by atoms with E-state index in [1.54, 1.807) is 24.3 Å². The molecule has 0 bridgehead atoms. The van der Waals surface area contributed by atoms with Crippen LogP contribution in [0.3, 0.4) is 0 Å². The van der Waals surface area contributed by atoms with E-state index >= 15 is 0 Å². The van der Waals surface area contributed by atoms with Gasteiger partial charge in [-0.15, -0.1) is 0 Å². The van der Waals surface area contributed by atoms with Gasteiger partial charge in [-0.25, -0.2) is 0 Å². The zero-order valence-corrected chi connectivity index (χ0v) is 10.6. The number of carbonyl (C=O) groups excluding carboxylic acids is 1. The van der Waals surface area contributed by atoms with E-state index in [0.717, 1.165) is 4.47 Å². The Morgan fingerprint density at radius 1 is 1.39 bits per heavy atom. The van der Waals surface area contributed by atoms with E-state index in [9.17, 15) is 18.0 Å². The van der Waals surface area contributed by atoms with Gasteiger partial charge in [-0.2, -0.15) is 13.2 Å². The first-order valence-corrected chi connectivity index (χ1v) is 5.88. The normalized spacial score (nSPS) is 22.7. The predicted molar refractivity (Wildman–Crippen MR) is 60.7 cm³/mol. The van der Waals surface area contributed by atoms with Crippen LogP contribution >= 0.6 is 15.9 Å². The fourth-order valence-corrected chi connectivity index (χ4v) is 1.69. The highest BCUT2D eigenvalue weighted by molar-refractivity contribution is 9.10. The van der Waals surface area contributed by atoms with E-state index in [-0.39, 0.29) is 6.54 Å². The minimum Gasteiger partial charge on any atom is -0.351 e. The molecule has 0 radical (unpaired) electrons. The van der Waals surface area contributed by atoms with Crippen molar-refractivity contribution in [2.24, 2.45) is 0 Å². The molecule has 0 aliphatic carbocycles. The average molecular weight is 324 g/mol. The molecule has 98 valence electrons. The summed E-state index contributed by atoms with van der Waals surface area (Å²) in [5.74, 6) is -1.14. The fourth-order valence-electron chi connectivity index (χ4n) is 1.42. The zero-order valence-electron chi connectivity index (χ0n) is 9.05. The van der Waals surface area contributed by atoms with Crippen LogP contribution in [0.4, 0.5) is 13.2 Å². The molecule has 0 spiro atoms. The van der Waals surface area contributed by atoms with Crippen LogP contribution in [0.1, 0.15) is 5.56 Å². The first kappa shape index (κ1) is 13.4. The molecule has 0 saturated carbocycles. The van der Waals surface area contributed by atoms with Crippen molar-refractivity contribution in [1.82, 2.24) is 5.32 Å². The molecule has 0 unspecified atom stereocenters. The van der Waals surface area contributed by atoms with Gasteiger partial charge < -0.3 is 10.1 Å². The van der Waals surface area contributed by atoms with Crippen LogP contribution in [0.25, 0.3) is 0 Å². The first-order valence-electron chi connectivity index (χ1n) is 5.08. The second kappa shape index (κ2) is 4.55. The summed E-state index contributed by atoms with van der Waals surface area (Å²) in [4.78, 5) is 11.4. The number of hydrogen-bond acceptors (Lipinski definition) is 2. The quantitative estimate of drug-likeness (QED) is 0.868. The highest BCUT2D eigenvalue weighted by atomic mass is 79.9. The standard InChI is InChI=1S/C11H9BrF3NO2/c12-8-3-1-7(2-4-8)5-16-9(17)10(6-18-10)11(13,14)15/h1-4H,5-6H2,(H,16,17)/t10-/m1/s1. The largest absolute Gasteiger partial charge is 0.428 e. The van der Waals surface area contributed by atoms with Gasteiger partial charge in [-0.1, -0.05) is 28.1 Å². The lowest BCUT2D eigenvalue weighted by atomic mass is 10.1. The smallest absolute Gasteiger partial charge is 0.351 e. The van der Waals surface area contributed by atoms with E-state index in [0.29, 0.717) is 5.56 Å². The van der Waals surface area contributed by atoms with Crippen LogP contribution in [0, 0.1) is 0 Å². The third-order valence-electron chi connectivity index (χ3n) is 2.62. The monoisotopic (exact) mass is 323 g/mol. The Morgan fingerprint density at radius 2 is 1.94 bits per heavy atom. The number of nitrogens with one attached hydrogen (secondary N) is 1. The summed E-state index contributed by atoms with van der Waals surface area (Å²) in [6.45, 7) is -0.573. The third kappa shape index (κ3) is 2.51. The Hall–Kier alpha value is -1.08. The van der Waals surface area contributed by atoms with Crippen molar-refractivity contribution in [2.75, 3.05) is 6.61 Å². The molecule has 1 amide bonds. The Kier molecular flexibility index (Phi) is 3.37. The fraction of sp³-hybridized carbons (Fsp3) is 0.364. The van der Waals surface area contributed by atoms with Gasteiger partial charge in [0.15, 0.2) is 0 Å². The minimum atomic E-state index is -4.67. The molecular formula is C11H9BrF3NO2. The van der Waals surface area contributed by atoms with Gasteiger partial charge in [0.1, 0.15) is 0 Å². The number of ether oxygens (including phenoxy) is 1. The number of rotatable bonds is 3. The lowest BCUT2D eigenvalue weighted by Gasteiger charge is -2.15. The predicted octanol–water partition coefficient (Wildman–Crippen LogP) is 2.40. The van der Waals surface area contributed by atoms with Gasteiger partial charge in [-0.05, 0) is 17.7 Å². The summed E-state index contributed by atoms with van der Waals surface area (Å²) in [7, 11) is 0. The van der Waals surface area contributed by atoms with Crippen molar-refractivity contribution in [3.8, 4) is 0 Å². The minimum absolute atomic E-state index is 0.0350. The summed E-state index contributed by atoms with van der Waals surface area (Å²) in [6, 6.07) is 6.90. The highest BCUT2D eigenvalue weighted by Gasteiger charge is 2.71. The molecule has 3 nitrogen and oxygen atoms in total. The summed E-state index contributed by atoms with van der Waals surface area (Å²) < 4.78 is 42.7. The van der Waals surface area contributed by atoms with Crippen molar-refractivity contribution in [3.63, 3.8) is 0 Å². The summed E-state index contributed by atoms with van der Waals surface area (Å²) in [5, 5.41) is 2.23. The van der Waals surface area contributed by atoms with Gasteiger partial charge in [0.05, 0.1) is 6.61 Å². The molecule has 1 saturated heterocycles. The number of alkyl halides is 3. The summed E-state index contributed by atoms with van der Waals surface area (Å²) in [5.41, 5.74) is -1.92. The molecule has 1 aliphatic rings. The van der Waals surface area contributed by atoms with Gasteiger partial charge in [0.2, 0.25) is 0 Å². The Morgan fingerprint density at radius 3 is 2.39 bits per heavy atom. The van der Waals surface area contributed by atoms with E-state index in [1.165, 1.54) is 0 Å². The maximum atomic E-state index is 12.5. The molecule has 2 rings (SSSR count).